The molecule has 3 aromatic rings. The average molecular weight is 464 g/mol. The summed E-state index contributed by atoms with van der Waals surface area (Å²) < 4.78 is 9.38. The van der Waals surface area contributed by atoms with E-state index in [1.54, 1.807) is 0 Å². The lowest BCUT2D eigenvalue weighted by atomic mass is 10.1. The molecule has 1 amide bonds. The van der Waals surface area contributed by atoms with E-state index in [2.05, 4.69) is 44.9 Å². The molecule has 3 heterocycles. The molecule has 0 N–H and O–H groups in total. The number of carbonyl (C=O) groups is 1. The molecule has 1 atom stereocenters. The van der Waals surface area contributed by atoms with Crippen LogP contribution in [0, 0.1) is 0 Å². The van der Waals surface area contributed by atoms with Crippen molar-refractivity contribution in [3.63, 3.8) is 0 Å². The van der Waals surface area contributed by atoms with Gasteiger partial charge in [-0.2, -0.15) is 0 Å². The van der Waals surface area contributed by atoms with Gasteiger partial charge in [0.2, 0.25) is 0 Å². The Morgan fingerprint density at radius 2 is 1.82 bits per heavy atom. The van der Waals surface area contributed by atoms with E-state index in [1.807, 2.05) is 41.2 Å². The number of hydrogen-bond acceptors (Lipinski definition) is 6. The maximum Gasteiger partial charge on any atom is 0.410 e. The van der Waals surface area contributed by atoms with Gasteiger partial charge in [0, 0.05) is 12.1 Å². The number of aryl methyl sites for hydroxylation is 1. The van der Waals surface area contributed by atoms with Crippen LogP contribution in [0.25, 0.3) is 16.9 Å². The van der Waals surface area contributed by atoms with Crippen molar-refractivity contribution in [1.29, 1.82) is 0 Å². The number of amides is 1. The summed E-state index contributed by atoms with van der Waals surface area (Å²) in [6, 6.07) is 8.30. The lowest BCUT2D eigenvalue weighted by molar-refractivity contribution is 0.0211. The van der Waals surface area contributed by atoms with Crippen molar-refractivity contribution >= 4 is 6.09 Å². The highest BCUT2D eigenvalue weighted by atomic mass is 16.6. The van der Waals surface area contributed by atoms with Gasteiger partial charge in [0.1, 0.15) is 11.3 Å². The predicted octanol–water partition coefficient (Wildman–Crippen LogP) is 4.19. The van der Waals surface area contributed by atoms with E-state index in [0.29, 0.717) is 13.1 Å². The topological polar surface area (TPSA) is 91.0 Å². The number of hydrogen-bond donors (Lipinski definition) is 0. The lowest BCUT2D eigenvalue weighted by Crippen LogP contribution is -2.41. The number of likely N-dealkylation sites (tertiary alicyclic amines) is 1. The lowest BCUT2D eigenvalue weighted by Gasteiger charge is -2.28. The van der Waals surface area contributed by atoms with Crippen molar-refractivity contribution < 1.29 is 9.53 Å². The standard InChI is InChI=1S/C25H33N7O2/c1-25(2,3)34-24(33)31-15-7-8-20(31)16-30-17-22(27-28-30)18-11-13-19(14-12-18)32-23-10-6-4-5-9-21(23)26-29-32/h11-14,17,20H,4-10,15-16H2,1-3H3/t20-/m0/s1. The molecule has 9 nitrogen and oxygen atoms in total. The van der Waals surface area contributed by atoms with E-state index < -0.39 is 5.60 Å². The van der Waals surface area contributed by atoms with Gasteiger partial charge >= 0.3 is 6.09 Å². The number of benzene rings is 1. The molecule has 34 heavy (non-hydrogen) atoms. The molecule has 1 aliphatic heterocycles. The predicted molar refractivity (Wildman–Crippen MR) is 128 cm³/mol. The van der Waals surface area contributed by atoms with Gasteiger partial charge in [0.25, 0.3) is 0 Å². The molecule has 0 radical (unpaired) electrons. The van der Waals surface area contributed by atoms with Gasteiger partial charge in [0.15, 0.2) is 0 Å². The summed E-state index contributed by atoms with van der Waals surface area (Å²) in [5.74, 6) is 0. The normalized spacial score (nSPS) is 18.6. The van der Waals surface area contributed by atoms with Gasteiger partial charge in [-0.1, -0.05) is 29.0 Å². The number of rotatable bonds is 4. The van der Waals surface area contributed by atoms with Crippen LogP contribution in [0.4, 0.5) is 4.79 Å². The summed E-state index contributed by atoms with van der Waals surface area (Å²) in [7, 11) is 0. The number of fused-ring (bicyclic) bond motifs is 1. The molecular formula is C25H33N7O2. The summed E-state index contributed by atoms with van der Waals surface area (Å²) in [6.07, 6.45) is 9.28. The van der Waals surface area contributed by atoms with Crippen molar-refractivity contribution in [1.82, 2.24) is 34.9 Å². The van der Waals surface area contributed by atoms with Crippen molar-refractivity contribution in [2.24, 2.45) is 0 Å². The minimum atomic E-state index is -0.498. The summed E-state index contributed by atoms with van der Waals surface area (Å²) >= 11 is 0. The van der Waals surface area contributed by atoms with Crippen molar-refractivity contribution in [3.05, 3.63) is 41.9 Å². The molecule has 0 unspecified atom stereocenters. The zero-order chi connectivity index (χ0) is 23.7. The second kappa shape index (κ2) is 9.19. The first-order chi connectivity index (χ1) is 16.4. The molecule has 1 saturated heterocycles. The monoisotopic (exact) mass is 463 g/mol. The van der Waals surface area contributed by atoms with Crippen LogP contribution in [0.5, 0.6) is 0 Å². The molecule has 9 heteroatoms. The van der Waals surface area contributed by atoms with Crippen molar-refractivity contribution in [2.75, 3.05) is 6.54 Å². The van der Waals surface area contributed by atoms with Gasteiger partial charge in [0.05, 0.1) is 35.9 Å². The fourth-order valence-corrected chi connectivity index (χ4v) is 4.84. The highest BCUT2D eigenvalue weighted by Gasteiger charge is 2.32. The van der Waals surface area contributed by atoms with Gasteiger partial charge < -0.3 is 9.64 Å². The van der Waals surface area contributed by atoms with Gasteiger partial charge in [-0.25, -0.2) is 14.2 Å². The van der Waals surface area contributed by atoms with Gasteiger partial charge in [-0.15, -0.1) is 10.2 Å². The zero-order valence-corrected chi connectivity index (χ0v) is 20.3. The van der Waals surface area contributed by atoms with Crippen LogP contribution < -0.4 is 0 Å². The second-order valence-electron chi connectivity index (χ2n) is 10.3. The molecule has 0 spiro atoms. The first kappa shape index (κ1) is 22.6. The third-order valence-corrected chi connectivity index (χ3v) is 6.52. The molecule has 0 saturated carbocycles. The van der Waals surface area contributed by atoms with Crippen molar-refractivity contribution in [3.8, 4) is 16.9 Å². The van der Waals surface area contributed by atoms with Gasteiger partial charge in [-0.3, -0.25) is 0 Å². The Morgan fingerprint density at radius 1 is 1.03 bits per heavy atom. The fraction of sp³-hybridized carbons (Fsp3) is 0.560. The molecule has 5 rings (SSSR count). The number of aromatic nitrogens is 6. The number of carbonyl (C=O) groups excluding carboxylic acids is 1. The molecule has 1 aliphatic carbocycles. The third kappa shape index (κ3) is 4.83. The fourth-order valence-electron chi connectivity index (χ4n) is 4.84. The molecular weight excluding hydrogens is 430 g/mol. The van der Waals surface area contributed by atoms with Crippen LogP contribution in [0.3, 0.4) is 0 Å². The molecule has 2 aliphatic rings. The van der Waals surface area contributed by atoms with E-state index >= 15 is 0 Å². The van der Waals surface area contributed by atoms with Crippen molar-refractivity contribution in [2.45, 2.75) is 83.9 Å². The van der Waals surface area contributed by atoms with Crippen LogP contribution in [0.2, 0.25) is 0 Å². The molecule has 2 aromatic heterocycles. The first-order valence-corrected chi connectivity index (χ1v) is 12.3. The molecule has 1 fully saturated rings. The summed E-state index contributed by atoms with van der Waals surface area (Å²) in [5, 5.41) is 17.5. The smallest absolute Gasteiger partial charge is 0.410 e. The minimum absolute atomic E-state index is 0.0642. The van der Waals surface area contributed by atoms with E-state index in [9.17, 15) is 4.79 Å². The van der Waals surface area contributed by atoms with Crippen LogP contribution in [-0.4, -0.2) is 59.2 Å². The molecule has 1 aromatic carbocycles. The van der Waals surface area contributed by atoms with Crippen LogP contribution in [-0.2, 0) is 24.1 Å². The Labute approximate surface area is 200 Å². The number of ether oxygens (including phenoxy) is 1. The van der Waals surface area contributed by atoms with E-state index in [4.69, 9.17) is 4.74 Å². The Morgan fingerprint density at radius 3 is 2.62 bits per heavy atom. The number of nitrogens with zero attached hydrogens (tertiary/aromatic N) is 7. The van der Waals surface area contributed by atoms with E-state index in [0.717, 1.165) is 48.3 Å². The SMILES string of the molecule is CC(C)(C)OC(=O)N1CCC[C@H]1Cn1cc(-c2ccc(-n3nnc4c3CCCCC4)cc2)nn1. The summed E-state index contributed by atoms with van der Waals surface area (Å²) in [6.45, 7) is 7.00. The average Bonchev–Trinajstić information content (AvgIpc) is 3.51. The highest BCUT2D eigenvalue weighted by molar-refractivity contribution is 5.69. The summed E-state index contributed by atoms with van der Waals surface area (Å²) in [4.78, 5) is 14.4. The zero-order valence-electron chi connectivity index (χ0n) is 20.3. The highest BCUT2D eigenvalue weighted by Crippen LogP contribution is 2.25. The maximum absolute atomic E-state index is 12.6. The first-order valence-electron chi connectivity index (χ1n) is 12.3. The third-order valence-electron chi connectivity index (χ3n) is 6.52. The Hall–Kier alpha value is -3.23. The van der Waals surface area contributed by atoms with Gasteiger partial charge in [-0.05, 0) is 71.4 Å². The maximum atomic E-state index is 12.6. The Kier molecular flexibility index (Phi) is 6.10. The van der Waals surface area contributed by atoms with Crippen LogP contribution in [0.15, 0.2) is 30.5 Å². The summed E-state index contributed by atoms with van der Waals surface area (Å²) in [5.41, 5.74) is 4.70. The van der Waals surface area contributed by atoms with E-state index in [-0.39, 0.29) is 12.1 Å². The van der Waals surface area contributed by atoms with Crippen LogP contribution >= 0.6 is 0 Å². The molecule has 0 bridgehead atoms. The van der Waals surface area contributed by atoms with E-state index in [1.165, 1.54) is 25.0 Å². The second-order valence-corrected chi connectivity index (χ2v) is 10.3. The largest absolute Gasteiger partial charge is 0.444 e. The quantitative estimate of drug-likeness (QED) is 0.539. The Balaban J connectivity index is 1.27. The molecule has 180 valence electrons. The Bertz CT molecular complexity index is 1140. The minimum Gasteiger partial charge on any atom is -0.444 e. The van der Waals surface area contributed by atoms with Crippen LogP contribution in [0.1, 0.15) is 64.3 Å².